The molecule has 2 heterocycles. The highest BCUT2D eigenvalue weighted by Crippen LogP contribution is 2.15. The maximum Gasteiger partial charge on any atom is 0.344 e. The molecule has 0 radical (unpaired) electrons. The third kappa shape index (κ3) is 2.63. The lowest BCUT2D eigenvalue weighted by atomic mass is 10.1. The molecule has 0 saturated carbocycles. The molecule has 5 heteroatoms. The molecule has 2 aromatic heterocycles. The average Bonchev–Trinajstić information content (AvgIpc) is 2.81. The van der Waals surface area contributed by atoms with Crippen LogP contribution >= 0.6 is 0 Å². The van der Waals surface area contributed by atoms with E-state index in [2.05, 4.69) is 10.1 Å². The topological polar surface area (TPSA) is 56.5 Å². The molecule has 0 aliphatic rings. The second-order valence-corrected chi connectivity index (χ2v) is 4.91. The van der Waals surface area contributed by atoms with Crippen LogP contribution in [0, 0.1) is 13.8 Å². The lowest BCUT2D eigenvalue weighted by molar-refractivity contribution is 0.0474. The van der Waals surface area contributed by atoms with E-state index in [4.69, 9.17) is 4.74 Å². The summed E-state index contributed by atoms with van der Waals surface area (Å²) in [7, 11) is 0. The monoisotopic (exact) mass is 281 g/mol. The molecule has 0 saturated heterocycles. The predicted molar refractivity (Wildman–Crippen MR) is 78.0 cm³/mol. The van der Waals surface area contributed by atoms with E-state index in [0.29, 0.717) is 16.9 Å². The summed E-state index contributed by atoms with van der Waals surface area (Å²) in [6, 6.07) is 9.64. The Morgan fingerprint density at radius 1 is 1.29 bits per heavy atom. The summed E-state index contributed by atoms with van der Waals surface area (Å²) >= 11 is 0. The molecule has 0 spiro atoms. The van der Waals surface area contributed by atoms with Gasteiger partial charge >= 0.3 is 5.97 Å². The van der Waals surface area contributed by atoms with Crippen LogP contribution in [0.1, 0.15) is 27.2 Å². The lowest BCUT2D eigenvalue weighted by Gasteiger charge is -2.05. The minimum Gasteiger partial charge on any atom is -0.457 e. The number of esters is 1. The molecular formula is C16H15N3O2. The highest BCUT2D eigenvalue weighted by molar-refractivity contribution is 5.97. The van der Waals surface area contributed by atoms with Crippen LogP contribution in [0.5, 0.6) is 0 Å². The van der Waals surface area contributed by atoms with Crippen molar-refractivity contribution in [3.05, 3.63) is 65.1 Å². The summed E-state index contributed by atoms with van der Waals surface area (Å²) in [4.78, 5) is 16.5. The van der Waals surface area contributed by atoms with Gasteiger partial charge in [-0.1, -0.05) is 29.8 Å². The zero-order valence-corrected chi connectivity index (χ0v) is 11.9. The Morgan fingerprint density at radius 2 is 2.14 bits per heavy atom. The molecule has 21 heavy (non-hydrogen) atoms. The fraction of sp³-hybridized carbons (Fsp3) is 0.188. The quantitative estimate of drug-likeness (QED) is 0.693. The van der Waals surface area contributed by atoms with Crippen molar-refractivity contribution in [3.63, 3.8) is 0 Å². The molecule has 0 fully saturated rings. The van der Waals surface area contributed by atoms with Crippen LogP contribution in [0.25, 0.3) is 5.65 Å². The number of hydrogen-bond donors (Lipinski definition) is 0. The van der Waals surface area contributed by atoms with Crippen LogP contribution < -0.4 is 0 Å². The van der Waals surface area contributed by atoms with Crippen LogP contribution in [0.15, 0.2) is 42.7 Å². The summed E-state index contributed by atoms with van der Waals surface area (Å²) in [6.45, 7) is 4.02. The van der Waals surface area contributed by atoms with Gasteiger partial charge in [0.1, 0.15) is 12.2 Å². The molecule has 0 unspecified atom stereocenters. The van der Waals surface area contributed by atoms with Gasteiger partial charge in [-0.05, 0) is 25.5 Å². The number of aryl methyl sites for hydroxylation is 2. The number of fused-ring (bicyclic) bond motifs is 1. The van der Waals surface area contributed by atoms with Gasteiger partial charge in [0.2, 0.25) is 0 Å². The molecular weight excluding hydrogens is 266 g/mol. The first-order chi connectivity index (χ1) is 10.1. The fourth-order valence-electron chi connectivity index (χ4n) is 2.26. The Morgan fingerprint density at radius 3 is 2.95 bits per heavy atom. The van der Waals surface area contributed by atoms with Gasteiger partial charge in [-0.15, -0.1) is 0 Å². The Labute approximate surface area is 122 Å². The van der Waals surface area contributed by atoms with Crippen molar-refractivity contribution in [2.75, 3.05) is 0 Å². The molecule has 0 bridgehead atoms. The van der Waals surface area contributed by atoms with E-state index < -0.39 is 5.97 Å². The average molecular weight is 281 g/mol. The Hall–Kier alpha value is -2.69. The second kappa shape index (κ2) is 5.36. The number of carbonyl (C=O) groups is 1. The minimum absolute atomic E-state index is 0.240. The molecule has 106 valence electrons. The van der Waals surface area contributed by atoms with Crippen LogP contribution in [0.4, 0.5) is 0 Å². The highest BCUT2D eigenvalue weighted by Gasteiger charge is 2.19. The first-order valence-electron chi connectivity index (χ1n) is 6.68. The fourth-order valence-corrected chi connectivity index (χ4v) is 2.26. The Kier molecular flexibility index (Phi) is 3.39. The molecule has 0 aliphatic heterocycles. The van der Waals surface area contributed by atoms with Gasteiger partial charge in [0.15, 0.2) is 5.65 Å². The number of ether oxygens (including phenoxy) is 1. The molecule has 5 nitrogen and oxygen atoms in total. The largest absolute Gasteiger partial charge is 0.457 e. The van der Waals surface area contributed by atoms with Gasteiger partial charge in [-0.25, -0.2) is 14.3 Å². The summed E-state index contributed by atoms with van der Waals surface area (Å²) in [5, 5.41) is 4.26. The van der Waals surface area contributed by atoms with Crippen LogP contribution in [0.3, 0.4) is 0 Å². The van der Waals surface area contributed by atoms with Gasteiger partial charge in [0, 0.05) is 12.4 Å². The van der Waals surface area contributed by atoms with Crippen LogP contribution in [-0.4, -0.2) is 20.6 Å². The van der Waals surface area contributed by atoms with Gasteiger partial charge in [-0.3, -0.25) is 0 Å². The molecule has 0 amide bonds. The molecule has 3 rings (SSSR count). The molecule has 3 aromatic rings. The number of benzene rings is 1. The number of nitrogens with zero attached hydrogens (tertiary/aromatic N) is 3. The molecule has 0 atom stereocenters. The number of hydrogen-bond acceptors (Lipinski definition) is 4. The predicted octanol–water partition coefficient (Wildman–Crippen LogP) is 2.70. The van der Waals surface area contributed by atoms with Crippen molar-refractivity contribution < 1.29 is 9.53 Å². The third-order valence-corrected chi connectivity index (χ3v) is 3.23. The number of carbonyl (C=O) groups excluding carboxylic acids is 1. The normalized spacial score (nSPS) is 10.8. The maximum absolute atomic E-state index is 12.3. The van der Waals surface area contributed by atoms with Crippen LogP contribution in [0.2, 0.25) is 0 Å². The van der Waals surface area contributed by atoms with Gasteiger partial charge in [-0.2, -0.15) is 5.10 Å². The van der Waals surface area contributed by atoms with Crippen molar-refractivity contribution in [1.82, 2.24) is 14.6 Å². The molecule has 0 aliphatic carbocycles. The van der Waals surface area contributed by atoms with E-state index in [0.717, 1.165) is 11.1 Å². The van der Waals surface area contributed by atoms with Crippen molar-refractivity contribution >= 4 is 11.6 Å². The highest BCUT2D eigenvalue weighted by atomic mass is 16.5. The van der Waals surface area contributed by atoms with Gasteiger partial charge < -0.3 is 4.74 Å². The first kappa shape index (κ1) is 13.3. The molecule has 1 aromatic carbocycles. The van der Waals surface area contributed by atoms with Crippen molar-refractivity contribution in [3.8, 4) is 0 Å². The summed E-state index contributed by atoms with van der Waals surface area (Å²) in [5.74, 6) is -0.400. The van der Waals surface area contributed by atoms with E-state index in [1.165, 1.54) is 0 Å². The van der Waals surface area contributed by atoms with Crippen molar-refractivity contribution in [2.45, 2.75) is 20.5 Å². The maximum atomic E-state index is 12.3. The SMILES string of the molecule is Cc1cccc(COC(=O)c2c(C)nn3cccnc23)c1. The van der Waals surface area contributed by atoms with E-state index in [9.17, 15) is 4.79 Å². The minimum atomic E-state index is -0.400. The summed E-state index contributed by atoms with van der Waals surface area (Å²) in [6.07, 6.45) is 3.39. The summed E-state index contributed by atoms with van der Waals surface area (Å²) in [5.41, 5.74) is 3.65. The van der Waals surface area contributed by atoms with E-state index in [-0.39, 0.29) is 6.61 Å². The standard InChI is InChI=1S/C16H15N3O2/c1-11-5-3-6-13(9-11)10-21-16(20)14-12(2)18-19-8-4-7-17-15(14)19/h3-9H,10H2,1-2H3. The Bertz CT molecular complexity index is 808. The van der Waals surface area contributed by atoms with Crippen molar-refractivity contribution in [2.24, 2.45) is 0 Å². The first-order valence-corrected chi connectivity index (χ1v) is 6.68. The lowest BCUT2D eigenvalue weighted by Crippen LogP contribution is -2.07. The van der Waals surface area contributed by atoms with Gasteiger partial charge in [0.25, 0.3) is 0 Å². The van der Waals surface area contributed by atoms with E-state index in [1.54, 1.807) is 29.9 Å². The Balaban J connectivity index is 1.83. The number of rotatable bonds is 3. The number of aromatic nitrogens is 3. The smallest absolute Gasteiger partial charge is 0.344 e. The van der Waals surface area contributed by atoms with E-state index in [1.807, 2.05) is 31.2 Å². The zero-order valence-electron chi connectivity index (χ0n) is 11.9. The summed E-state index contributed by atoms with van der Waals surface area (Å²) < 4.78 is 6.97. The third-order valence-electron chi connectivity index (χ3n) is 3.23. The van der Waals surface area contributed by atoms with E-state index >= 15 is 0 Å². The molecule has 0 N–H and O–H groups in total. The van der Waals surface area contributed by atoms with Crippen LogP contribution in [-0.2, 0) is 11.3 Å². The van der Waals surface area contributed by atoms with Gasteiger partial charge in [0.05, 0.1) is 5.69 Å². The van der Waals surface area contributed by atoms with Crippen molar-refractivity contribution in [1.29, 1.82) is 0 Å². The zero-order chi connectivity index (χ0) is 14.8. The second-order valence-electron chi connectivity index (χ2n) is 4.91.